The molecular weight excluding hydrogens is 202 g/mol. The number of aliphatic hydroxyl groups is 1. The molecule has 0 saturated carbocycles. The van der Waals surface area contributed by atoms with Gasteiger partial charge in [-0.15, -0.1) is 0 Å². The Morgan fingerprint density at radius 2 is 2.14 bits per heavy atom. The molecule has 84 valence electrons. The molecule has 0 radical (unpaired) electrons. The first-order chi connectivity index (χ1) is 6.56. The van der Waals surface area contributed by atoms with Gasteiger partial charge in [-0.25, -0.2) is 12.7 Å². The highest BCUT2D eigenvalue weighted by molar-refractivity contribution is 7.89. The Hall–Kier alpha value is -0.130. The topological polar surface area (TPSA) is 57.6 Å². The number of hydrogen-bond donors (Lipinski definition) is 1. The van der Waals surface area contributed by atoms with Crippen LogP contribution in [-0.4, -0.2) is 43.3 Å². The lowest BCUT2D eigenvalue weighted by Crippen LogP contribution is -2.30. The molecule has 1 fully saturated rings. The van der Waals surface area contributed by atoms with Crippen LogP contribution in [0.15, 0.2) is 0 Å². The van der Waals surface area contributed by atoms with Gasteiger partial charge in [-0.2, -0.15) is 0 Å². The molecule has 0 aromatic rings. The summed E-state index contributed by atoms with van der Waals surface area (Å²) in [6, 6.07) is 0. The second-order valence-electron chi connectivity index (χ2n) is 4.00. The summed E-state index contributed by atoms with van der Waals surface area (Å²) in [7, 11) is -3.04. The minimum atomic E-state index is -3.04. The van der Waals surface area contributed by atoms with Crippen LogP contribution >= 0.6 is 0 Å². The minimum absolute atomic E-state index is 0.0753. The zero-order chi connectivity index (χ0) is 10.6. The van der Waals surface area contributed by atoms with Crippen LogP contribution in [0.25, 0.3) is 0 Å². The molecule has 1 aliphatic rings. The third kappa shape index (κ3) is 3.22. The molecule has 1 rings (SSSR count). The van der Waals surface area contributed by atoms with Gasteiger partial charge >= 0.3 is 0 Å². The average Bonchev–Trinajstić information content (AvgIpc) is 2.53. The maximum Gasteiger partial charge on any atom is 0.214 e. The molecule has 5 heteroatoms. The van der Waals surface area contributed by atoms with Gasteiger partial charge in [0.2, 0.25) is 10.0 Å². The van der Waals surface area contributed by atoms with Crippen molar-refractivity contribution < 1.29 is 13.5 Å². The average molecular weight is 221 g/mol. The molecule has 1 atom stereocenters. The van der Waals surface area contributed by atoms with Crippen molar-refractivity contribution >= 4 is 10.0 Å². The first kappa shape index (κ1) is 11.9. The van der Waals surface area contributed by atoms with Gasteiger partial charge in [0.1, 0.15) is 0 Å². The lowest BCUT2D eigenvalue weighted by Gasteiger charge is -2.15. The Labute approximate surface area is 86.0 Å². The summed E-state index contributed by atoms with van der Waals surface area (Å²) in [6.07, 6.45) is 2.10. The van der Waals surface area contributed by atoms with Gasteiger partial charge in [0.15, 0.2) is 0 Å². The molecule has 1 saturated heterocycles. The predicted octanol–water partition coefficient (Wildman–Crippen LogP) is 0.430. The minimum Gasteiger partial charge on any atom is -0.396 e. The summed E-state index contributed by atoms with van der Waals surface area (Å²) in [4.78, 5) is 0. The largest absolute Gasteiger partial charge is 0.396 e. The third-order valence-corrected chi connectivity index (χ3v) is 4.51. The Kier molecular flexibility index (Phi) is 4.34. The molecule has 1 N–H and O–H groups in total. The van der Waals surface area contributed by atoms with Gasteiger partial charge in [-0.1, -0.05) is 6.92 Å². The van der Waals surface area contributed by atoms with E-state index in [4.69, 9.17) is 5.11 Å². The zero-order valence-corrected chi connectivity index (χ0v) is 9.46. The molecule has 0 bridgehead atoms. The third-order valence-electron chi connectivity index (χ3n) is 2.59. The summed E-state index contributed by atoms with van der Waals surface area (Å²) >= 11 is 0. The van der Waals surface area contributed by atoms with Crippen LogP contribution in [0.4, 0.5) is 0 Å². The van der Waals surface area contributed by atoms with Crippen molar-refractivity contribution in [1.82, 2.24) is 4.31 Å². The SMILES string of the molecule is CC1CCN(S(=O)(=O)CCCCO)C1. The summed E-state index contributed by atoms with van der Waals surface area (Å²) < 4.78 is 25.0. The van der Waals surface area contributed by atoms with Crippen molar-refractivity contribution in [2.75, 3.05) is 25.4 Å². The van der Waals surface area contributed by atoms with E-state index in [1.54, 1.807) is 4.31 Å². The van der Waals surface area contributed by atoms with E-state index in [2.05, 4.69) is 6.92 Å². The highest BCUT2D eigenvalue weighted by Gasteiger charge is 2.28. The number of nitrogens with zero attached hydrogens (tertiary/aromatic N) is 1. The van der Waals surface area contributed by atoms with Gasteiger partial charge in [0.25, 0.3) is 0 Å². The maximum absolute atomic E-state index is 11.7. The van der Waals surface area contributed by atoms with Crippen molar-refractivity contribution in [1.29, 1.82) is 0 Å². The van der Waals surface area contributed by atoms with Crippen LogP contribution in [0.2, 0.25) is 0 Å². The number of aliphatic hydroxyl groups excluding tert-OH is 1. The summed E-state index contributed by atoms with van der Waals surface area (Å²) in [5.41, 5.74) is 0. The van der Waals surface area contributed by atoms with E-state index in [0.29, 0.717) is 31.8 Å². The summed E-state index contributed by atoms with van der Waals surface area (Å²) in [5, 5.41) is 8.56. The molecule has 0 aromatic carbocycles. The van der Waals surface area contributed by atoms with Crippen molar-refractivity contribution in [3.8, 4) is 0 Å². The van der Waals surface area contributed by atoms with E-state index in [0.717, 1.165) is 6.42 Å². The lowest BCUT2D eigenvalue weighted by atomic mass is 10.2. The molecule has 1 unspecified atom stereocenters. The Morgan fingerprint density at radius 3 is 2.64 bits per heavy atom. The van der Waals surface area contributed by atoms with E-state index in [1.807, 2.05) is 0 Å². The van der Waals surface area contributed by atoms with Gasteiger partial charge in [0, 0.05) is 19.7 Å². The van der Waals surface area contributed by atoms with Crippen molar-refractivity contribution in [2.24, 2.45) is 5.92 Å². The fourth-order valence-electron chi connectivity index (χ4n) is 1.67. The molecule has 1 aliphatic heterocycles. The monoisotopic (exact) mass is 221 g/mol. The standard InChI is InChI=1S/C9H19NO3S/c1-9-4-5-10(8-9)14(12,13)7-3-2-6-11/h9,11H,2-8H2,1H3. The zero-order valence-electron chi connectivity index (χ0n) is 8.65. The highest BCUT2D eigenvalue weighted by Crippen LogP contribution is 2.19. The normalized spacial score (nSPS) is 24.3. The molecule has 0 aliphatic carbocycles. The van der Waals surface area contributed by atoms with Crippen LogP contribution in [-0.2, 0) is 10.0 Å². The second kappa shape index (κ2) is 5.09. The number of unbranched alkanes of at least 4 members (excludes halogenated alkanes) is 1. The Balaban J connectivity index is 2.41. The highest BCUT2D eigenvalue weighted by atomic mass is 32.2. The first-order valence-corrected chi connectivity index (χ1v) is 6.76. The van der Waals surface area contributed by atoms with Crippen molar-refractivity contribution in [2.45, 2.75) is 26.2 Å². The van der Waals surface area contributed by atoms with Gasteiger partial charge in [0.05, 0.1) is 5.75 Å². The first-order valence-electron chi connectivity index (χ1n) is 5.15. The summed E-state index contributed by atoms with van der Waals surface area (Å²) in [6.45, 7) is 3.49. The number of rotatable bonds is 5. The van der Waals surface area contributed by atoms with Gasteiger partial charge in [-0.05, 0) is 25.2 Å². The molecule has 1 heterocycles. The van der Waals surface area contributed by atoms with Crippen LogP contribution in [0, 0.1) is 5.92 Å². The fourth-order valence-corrected chi connectivity index (χ4v) is 3.36. The van der Waals surface area contributed by atoms with Crippen LogP contribution < -0.4 is 0 Å². The lowest BCUT2D eigenvalue weighted by molar-refractivity contribution is 0.287. The molecule has 0 aromatic heterocycles. The molecule has 0 amide bonds. The maximum atomic E-state index is 11.7. The van der Waals surface area contributed by atoms with Crippen molar-refractivity contribution in [3.63, 3.8) is 0 Å². The second-order valence-corrected chi connectivity index (χ2v) is 6.09. The Bertz CT molecular complexity index is 263. The van der Waals surface area contributed by atoms with Crippen LogP contribution in [0.3, 0.4) is 0 Å². The smallest absolute Gasteiger partial charge is 0.214 e. The van der Waals surface area contributed by atoms with Gasteiger partial charge < -0.3 is 5.11 Å². The molecule has 4 nitrogen and oxygen atoms in total. The quantitative estimate of drug-likeness (QED) is 0.685. The van der Waals surface area contributed by atoms with E-state index >= 15 is 0 Å². The van der Waals surface area contributed by atoms with E-state index < -0.39 is 10.0 Å². The number of hydrogen-bond acceptors (Lipinski definition) is 3. The van der Waals surface area contributed by atoms with Crippen LogP contribution in [0.1, 0.15) is 26.2 Å². The summed E-state index contributed by atoms with van der Waals surface area (Å²) in [5.74, 6) is 0.669. The Morgan fingerprint density at radius 1 is 1.43 bits per heavy atom. The van der Waals surface area contributed by atoms with Crippen LogP contribution in [0.5, 0.6) is 0 Å². The fraction of sp³-hybridized carbons (Fsp3) is 1.00. The molecule has 14 heavy (non-hydrogen) atoms. The number of sulfonamides is 1. The molecule has 0 spiro atoms. The predicted molar refractivity (Wildman–Crippen MR) is 55.5 cm³/mol. The van der Waals surface area contributed by atoms with E-state index in [-0.39, 0.29) is 12.4 Å². The van der Waals surface area contributed by atoms with Crippen molar-refractivity contribution in [3.05, 3.63) is 0 Å². The van der Waals surface area contributed by atoms with Gasteiger partial charge in [-0.3, -0.25) is 0 Å². The van der Waals surface area contributed by atoms with E-state index in [1.165, 1.54) is 0 Å². The molecular formula is C9H19NO3S. The van der Waals surface area contributed by atoms with E-state index in [9.17, 15) is 8.42 Å².